The molecule has 1 aliphatic rings. The molecule has 4 rings (SSSR count). The molecule has 0 spiro atoms. The zero-order valence-electron chi connectivity index (χ0n) is 14.9. The van der Waals surface area contributed by atoms with Crippen LogP contribution in [0.25, 0.3) is 11.5 Å². The third kappa shape index (κ3) is 3.86. The van der Waals surface area contributed by atoms with Gasteiger partial charge in [0.1, 0.15) is 12.2 Å². The molecular formula is C19H17N5O4. The van der Waals surface area contributed by atoms with E-state index in [2.05, 4.69) is 20.4 Å². The van der Waals surface area contributed by atoms with Crippen molar-refractivity contribution in [2.75, 3.05) is 0 Å². The summed E-state index contributed by atoms with van der Waals surface area (Å²) < 4.78 is 16.2. The molecule has 3 aromatic heterocycles. The molecule has 142 valence electrons. The molecule has 1 amide bonds. The van der Waals surface area contributed by atoms with Crippen LogP contribution < -0.4 is 10.1 Å². The summed E-state index contributed by atoms with van der Waals surface area (Å²) >= 11 is 0. The number of rotatable bonds is 5. The maximum atomic E-state index is 12.4. The lowest BCUT2D eigenvalue weighted by molar-refractivity contribution is 0.0881. The molecular weight excluding hydrogens is 362 g/mol. The number of ether oxygens (including phenoxy) is 1. The Bertz CT molecular complexity index is 984. The van der Waals surface area contributed by atoms with E-state index in [1.54, 1.807) is 18.2 Å². The summed E-state index contributed by atoms with van der Waals surface area (Å²) in [5.74, 6) is 0.895. The highest BCUT2D eigenvalue weighted by atomic mass is 16.5. The lowest BCUT2D eigenvalue weighted by Crippen LogP contribution is -2.39. The smallest absolute Gasteiger partial charge is 0.273 e. The minimum Gasteiger partial charge on any atom is -0.472 e. The summed E-state index contributed by atoms with van der Waals surface area (Å²) in [5, 5.41) is 15.8. The molecule has 1 fully saturated rings. The molecule has 3 heterocycles. The number of furan rings is 1. The summed E-state index contributed by atoms with van der Waals surface area (Å²) in [6, 6.07) is 7.02. The highest BCUT2D eigenvalue weighted by Crippen LogP contribution is 2.25. The Morgan fingerprint density at radius 1 is 1.21 bits per heavy atom. The van der Waals surface area contributed by atoms with Crippen LogP contribution in [0.5, 0.6) is 5.88 Å². The monoisotopic (exact) mass is 379 g/mol. The summed E-state index contributed by atoms with van der Waals surface area (Å²) in [4.78, 5) is 20.4. The first-order chi connectivity index (χ1) is 13.7. The molecule has 0 aliphatic heterocycles. The highest BCUT2D eigenvalue weighted by molar-refractivity contribution is 5.93. The first kappa shape index (κ1) is 17.7. The van der Waals surface area contributed by atoms with Gasteiger partial charge < -0.3 is 19.0 Å². The first-order valence-electron chi connectivity index (χ1n) is 8.92. The van der Waals surface area contributed by atoms with Crippen LogP contribution in [0.1, 0.15) is 41.9 Å². The molecule has 3 aromatic rings. The van der Waals surface area contributed by atoms with Crippen LogP contribution in [0.2, 0.25) is 0 Å². The zero-order chi connectivity index (χ0) is 19.3. The quantitative estimate of drug-likeness (QED) is 0.717. The van der Waals surface area contributed by atoms with Crippen molar-refractivity contribution < 1.29 is 18.5 Å². The second kappa shape index (κ2) is 7.92. The minimum absolute atomic E-state index is 0.0217. The third-order valence-electron chi connectivity index (χ3n) is 4.57. The van der Waals surface area contributed by atoms with E-state index in [0.717, 1.165) is 25.7 Å². The third-order valence-corrected chi connectivity index (χ3v) is 4.57. The molecule has 9 nitrogen and oxygen atoms in total. The lowest BCUT2D eigenvalue weighted by atomic mass is 9.93. The van der Waals surface area contributed by atoms with E-state index in [1.165, 1.54) is 18.7 Å². The fraction of sp³-hybridized carbons (Fsp3) is 0.316. The molecule has 0 aromatic carbocycles. The van der Waals surface area contributed by atoms with Gasteiger partial charge in [-0.05, 0) is 37.8 Å². The largest absolute Gasteiger partial charge is 0.472 e. The zero-order valence-corrected chi connectivity index (χ0v) is 14.9. The van der Waals surface area contributed by atoms with Crippen LogP contribution in [-0.4, -0.2) is 33.2 Å². The molecule has 0 unspecified atom stereocenters. The summed E-state index contributed by atoms with van der Waals surface area (Å²) in [6.45, 7) is 0. The molecule has 28 heavy (non-hydrogen) atoms. The molecule has 9 heteroatoms. The summed E-state index contributed by atoms with van der Waals surface area (Å²) in [6.07, 6.45) is 7.40. The van der Waals surface area contributed by atoms with E-state index in [-0.39, 0.29) is 35.3 Å². The molecule has 0 bridgehead atoms. The van der Waals surface area contributed by atoms with Crippen LogP contribution in [0.4, 0.5) is 0 Å². The molecule has 1 saturated carbocycles. The van der Waals surface area contributed by atoms with Gasteiger partial charge in [-0.2, -0.15) is 5.26 Å². The van der Waals surface area contributed by atoms with Crippen molar-refractivity contribution >= 4 is 5.91 Å². The van der Waals surface area contributed by atoms with Crippen molar-refractivity contribution in [1.29, 1.82) is 5.26 Å². The van der Waals surface area contributed by atoms with Crippen LogP contribution in [0, 0.1) is 11.3 Å². The second-order valence-corrected chi connectivity index (χ2v) is 6.44. The fourth-order valence-electron chi connectivity index (χ4n) is 3.15. The Morgan fingerprint density at radius 2 is 2.04 bits per heavy atom. The maximum Gasteiger partial charge on any atom is 0.273 e. The second-order valence-electron chi connectivity index (χ2n) is 6.44. The van der Waals surface area contributed by atoms with Gasteiger partial charge in [0.15, 0.2) is 11.5 Å². The van der Waals surface area contributed by atoms with Crippen molar-refractivity contribution in [3.05, 3.63) is 48.2 Å². The Balaban J connectivity index is 1.30. The average molecular weight is 379 g/mol. The van der Waals surface area contributed by atoms with Crippen molar-refractivity contribution in [3.8, 4) is 23.5 Å². The average Bonchev–Trinajstić information content (AvgIpc) is 3.42. The van der Waals surface area contributed by atoms with E-state index < -0.39 is 0 Å². The predicted molar refractivity (Wildman–Crippen MR) is 95.1 cm³/mol. The standard InChI is InChI=1S/C19H17N5O4/c20-11-15-19(22-8-7-21-15)27-13-5-3-12(4-6-13)23-18(25)14-10-17(28-24-14)16-2-1-9-26-16/h1-2,7-10,12-13H,3-6H2,(H,23,25). The summed E-state index contributed by atoms with van der Waals surface area (Å²) in [7, 11) is 0. The number of nitrogens with zero attached hydrogens (tertiary/aromatic N) is 4. The van der Waals surface area contributed by atoms with E-state index in [0.29, 0.717) is 11.5 Å². The van der Waals surface area contributed by atoms with Crippen molar-refractivity contribution in [3.63, 3.8) is 0 Å². The minimum atomic E-state index is -0.286. The molecule has 1 aliphatic carbocycles. The van der Waals surface area contributed by atoms with Gasteiger partial charge in [0, 0.05) is 24.5 Å². The number of amides is 1. The molecule has 1 N–H and O–H groups in total. The van der Waals surface area contributed by atoms with Gasteiger partial charge in [0.25, 0.3) is 11.8 Å². The Labute approximate surface area is 160 Å². The Hall–Kier alpha value is -3.67. The van der Waals surface area contributed by atoms with Gasteiger partial charge in [-0.15, -0.1) is 0 Å². The topological polar surface area (TPSA) is 127 Å². The predicted octanol–water partition coefficient (Wildman–Crippen LogP) is 2.72. The van der Waals surface area contributed by atoms with Crippen LogP contribution in [0.3, 0.4) is 0 Å². The normalized spacial score (nSPS) is 19.0. The van der Waals surface area contributed by atoms with E-state index in [4.69, 9.17) is 18.9 Å². The number of hydrogen-bond acceptors (Lipinski definition) is 8. The Morgan fingerprint density at radius 3 is 2.79 bits per heavy atom. The van der Waals surface area contributed by atoms with Gasteiger partial charge in [-0.1, -0.05) is 5.16 Å². The van der Waals surface area contributed by atoms with Gasteiger partial charge in [-0.25, -0.2) is 9.97 Å². The number of hydrogen-bond donors (Lipinski definition) is 1. The van der Waals surface area contributed by atoms with Crippen LogP contribution in [0.15, 0.2) is 45.8 Å². The number of nitrogens with one attached hydrogen (secondary N) is 1. The molecule has 0 saturated heterocycles. The number of nitriles is 1. The number of carbonyl (C=O) groups excluding carboxylic acids is 1. The molecule has 0 radical (unpaired) electrons. The van der Waals surface area contributed by atoms with Gasteiger partial charge in [0.2, 0.25) is 11.5 Å². The van der Waals surface area contributed by atoms with E-state index in [9.17, 15) is 4.79 Å². The SMILES string of the molecule is N#Cc1nccnc1OC1CCC(NC(=O)c2cc(-c3ccco3)on2)CC1. The van der Waals surface area contributed by atoms with Crippen LogP contribution in [-0.2, 0) is 0 Å². The summed E-state index contributed by atoms with van der Waals surface area (Å²) in [5.41, 5.74) is 0.388. The van der Waals surface area contributed by atoms with Gasteiger partial charge in [0.05, 0.1) is 6.26 Å². The fourth-order valence-corrected chi connectivity index (χ4v) is 3.15. The lowest BCUT2D eigenvalue weighted by Gasteiger charge is -2.29. The van der Waals surface area contributed by atoms with Gasteiger partial charge >= 0.3 is 0 Å². The highest BCUT2D eigenvalue weighted by Gasteiger charge is 2.26. The first-order valence-corrected chi connectivity index (χ1v) is 8.92. The van der Waals surface area contributed by atoms with Crippen molar-refractivity contribution in [2.24, 2.45) is 0 Å². The Kier molecular flexibility index (Phi) is 5.01. The maximum absolute atomic E-state index is 12.4. The number of carbonyl (C=O) groups is 1. The van der Waals surface area contributed by atoms with Gasteiger partial charge in [-0.3, -0.25) is 4.79 Å². The van der Waals surface area contributed by atoms with Crippen LogP contribution >= 0.6 is 0 Å². The van der Waals surface area contributed by atoms with E-state index >= 15 is 0 Å². The number of aromatic nitrogens is 3. The van der Waals surface area contributed by atoms with Crippen molar-refractivity contribution in [2.45, 2.75) is 37.8 Å². The van der Waals surface area contributed by atoms with Crippen molar-refractivity contribution in [1.82, 2.24) is 20.4 Å². The molecule has 0 atom stereocenters. The van der Waals surface area contributed by atoms with E-state index in [1.807, 2.05) is 6.07 Å².